The number of nitrogens with one attached hydrogen (secondary N) is 1. The largest absolute Gasteiger partial charge is 0.480 e. The molecular weight excluding hydrogens is 502 g/mol. The number of rotatable bonds is 8. The van der Waals surface area contributed by atoms with E-state index in [1.165, 1.54) is 24.4 Å². The molecule has 2 rings (SSSR count). The van der Waals surface area contributed by atoms with Gasteiger partial charge in [-0.05, 0) is 49.6 Å². The number of hydrazone groups is 1. The van der Waals surface area contributed by atoms with Crippen molar-refractivity contribution in [3.8, 4) is 5.75 Å². The number of nitro benzene ring substituents is 1. The lowest BCUT2D eigenvalue weighted by atomic mass is 10.1. The van der Waals surface area contributed by atoms with Crippen LogP contribution < -0.4 is 10.2 Å². The van der Waals surface area contributed by atoms with E-state index in [4.69, 9.17) is 9.84 Å². The maximum atomic E-state index is 12.0. The van der Waals surface area contributed by atoms with Gasteiger partial charge in [-0.2, -0.15) is 5.10 Å². The van der Waals surface area contributed by atoms with Crippen LogP contribution in [0.4, 0.5) is 5.69 Å². The van der Waals surface area contributed by atoms with Crippen molar-refractivity contribution in [2.45, 2.75) is 6.42 Å². The normalized spacial score (nSPS) is 10.6. The number of carboxylic acids is 1. The zero-order valence-electron chi connectivity index (χ0n) is 14.1. The highest BCUT2D eigenvalue weighted by atomic mass is 79.9. The minimum Gasteiger partial charge on any atom is -0.480 e. The second-order valence-electron chi connectivity index (χ2n) is 5.35. The van der Waals surface area contributed by atoms with Gasteiger partial charge in [0.05, 0.1) is 26.5 Å². The summed E-state index contributed by atoms with van der Waals surface area (Å²) in [6.45, 7) is -0.494. The number of hydrogen-bond donors (Lipinski definition) is 2. The molecule has 0 saturated heterocycles. The van der Waals surface area contributed by atoms with Gasteiger partial charge in [0.15, 0.2) is 6.61 Å². The van der Waals surface area contributed by atoms with Crippen LogP contribution in [0.5, 0.6) is 5.75 Å². The summed E-state index contributed by atoms with van der Waals surface area (Å²) < 4.78 is 6.15. The molecule has 0 heterocycles. The van der Waals surface area contributed by atoms with E-state index in [2.05, 4.69) is 42.4 Å². The molecule has 0 aromatic heterocycles. The summed E-state index contributed by atoms with van der Waals surface area (Å²) >= 11 is 6.55. The van der Waals surface area contributed by atoms with Crippen molar-refractivity contribution in [1.29, 1.82) is 0 Å². The molecular formula is C17H13Br2N3O6. The van der Waals surface area contributed by atoms with Gasteiger partial charge in [0.25, 0.3) is 5.69 Å². The standard InChI is InChI=1S/C17H13Br2N3O6/c18-12-5-10(6-13(19)17(12)28-9-16(24)25)8-20-21-15(23)7-11-3-1-2-4-14(11)22(26)27/h1-6,8H,7,9H2,(H,21,23)(H,24,25)/b20-8+. The van der Waals surface area contributed by atoms with E-state index in [1.54, 1.807) is 18.2 Å². The third-order valence-corrected chi connectivity index (χ3v) is 4.48. The molecule has 0 radical (unpaired) electrons. The SMILES string of the molecule is O=C(O)COc1c(Br)cc(/C=N/NC(=O)Cc2ccccc2[N+](=O)[O-])cc1Br. The highest BCUT2D eigenvalue weighted by Crippen LogP contribution is 2.34. The van der Waals surface area contributed by atoms with E-state index < -0.39 is 23.4 Å². The molecule has 11 heteroatoms. The molecule has 9 nitrogen and oxygen atoms in total. The molecule has 0 aliphatic heterocycles. The van der Waals surface area contributed by atoms with E-state index in [0.29, 0.717) is 20.3 Å². The second-order valence-corrected chi connectivity index (χ2v) is 7.06. The lowest BCUT2D eigenvalue weighted by Crippen LogP contribution is -2.20. The van der Waals surface area contributed by atoms with Crippen molar-refractivity contribution in [2.24, 2.45) is 5.10 Å². The summed E-state index contributed by atoms with van der Waals surface area (Å²) in [5, 5.41) is 23.5. The summed E-state index contributed by atoms with van der Waals surface area (Å²) in [4.78, 5) is 33.0. The van der Waals surface area contributed by atoms with Crippen molar-refractivity contribution in [3.05, 3.63) is 66.6 Å². The fourth-order valence-corrected chi connectivity index (χ4v) is 3.61. The molecule has 1 amide bonds. The van der Waals surface area contributed by atoms with Gasteiger partial charge >= 0.3 is 5.97 Å². The number of nitrogens with zero attached hydrogens (tertiary/aromatic N) is 2. The summed E-state index contributed by atoms with van der Waals surface area (Å²) in [5.41, 5.74) is 3.05. The molecule has 2 aromatic carbocycles. The van der Waals surface area contributed by atoms with Crippen LogP contribution >= 0.6 is 31.9 Å². The predicted molar refractivity (Wildman–Crippen MR) is 108 cm³/mol. The van der Waals surface area contributed by atoms with Crippen molar-refractivity contribution in [3.63, 3.8) is 0 Å². The average molecular weight is 515 g/mol. The Morgan fingerprint density at radius 3 is 2.50 bits per heavy atom. The number of benzene rings is 2. The smallest absolute Gasteiger partial charge is 0.341 e. The zero-order valence-corrected chi connectivity index (χ0v) is 17.3. The maximum absolute atomic E-state index is 12.0. The van der Waals surface area contributed by atoms with Gasteiger partial charge in [-0.25, -0.2) is 10.2 Å². The van der Waals surface area contributed by atoms with Crippen LogP contribution in [-0.2, 0) is 16.0 Å². The van der Waals surface area contributed by atoms with Gasteiger partial charge in [0.1, 0.15) is 5.75 Å². The Labute approximate surface area is 175 Å². The number of carboxylic acid groups (broad SMARTS) is 1. The number of hydrogen-bond acceptors (Lipinski definition) is 6. The molecule has 28 heavy (non-hydrogen) atoms. The lowest BCUT2D eigenvalue weighted by Gasteiger charge is -2.09. The van der Waals surface area contributed by atoms with Gasteiger partial charge < -0.3 is 9.84 Å². The van der Waals surface area contributed by atoms with Gasteiger partial charge in [0, 0.05) is 11.6 Å². The van der Waals surface area contributed by atoms with E-state index >= 15 is 0 Å². The molecule has 0 bridgehead atoms. The molecule has 0 saturated carbocycles. The van der Waals surface area contributed by atoms with E-state index in [0.717, 1.165) is 0 Å². The Hall–Kier alpha value is -2.79. The minimum atomic E-state index is -1.11. The van der Waals surface area contributed by atoms with E-state index in [1.807, 2.05) is 0 Å². The Kier molecular flexibility index (Phi) is 7.64. The topological polar surface area (TPSA) is 131 Å². The molecule has 146 valence electrons. The number of nitro groups is 1. The van der Waals surface area contributed by atoms with Crippen LogP contribution in [0.1, 0.15) is 11.1 Å². The quantitative estimate of drug-likeness (QED) is 0.315. The highest BCUT2D eigenvalue weighted by molar-refractivity contribution is 9.11. The van der Waals surface area contributed by atoms with Crippen molar-refractivity contribution < 1.29 is 24.4 Å². The molecule has 0 aliphatic carbocycles. The van der Waals surface area contributed by atoms with Crippen molar-refractivity contribution >= 4 is 55.6 Å². The van der Waals surface area contributed by atoms with Gasteiger partial charge in [-0.3, -0.25) is 14.9 Å². The first-order chi connectivity index (χ1) is 13.3. The third-order valence-electron chi connectivity index (χ3n) is 3.30. The summed E-state index contributed by atoms with van der Waals surface area (Å²) in [6.07, 6.45) is 1.18. The highest BCUT2D eigenvalue weighted by Gasteiger charge is 2.15. The Balaban J connectivity index is 2.02. The molecule has 0 unspecified atom stereocenters. The van der Waals surface area contributed by atoms with E-state index in [9.17, 15) is 19.7 Å². The fraction of sp³-hybridized carbons (Fsp3) is 0.118. The third kappa shape index (κ3) is 6.13. The van der Waals surface area contributed by atoms with Gasteiger partial charge in [-0.1, -0.05) is 18.2 Å². The van der Waals surface area contributed by atoms with Crippen LogP contribution in [0.15, 0.2) is 50.4 Å². The maximum Gasteiger partial charge on any atom is 0.341 e. The first-order valence-corrected chi connectivity index (χ1v) is 9.24. The summed E-state index contributed by atoms with van der Waals surface area (Å²) in [6, 6.07) is 9.22. The van der Waals surface area contributed by atoms with Crippen molar-refractivity contribution in [1.82, 2.24) is 5.43 Å². The predicted octanol–water partition coefficient (Wildman–Crippen LogP) is 3.28. The van der Waals surface area contributed by atoms with Crippen molar-refractivity contribution in [2.75, 3.05) is 6.61 Å². The van der Waals surface area contributed by atoms with Gasteiger partial charge in [-0.15, -0.1) is 0 Å². The fourth-order valence-electron chi connectivity index (χ4n) is 2.16. The summed E-state index contributed by atoms with van der Waals surface area (Å²) in [5.74, 6) is -1.30. The monoisotopic (exact) mass is 513 g/mol. The molecule has 2 aromatic rings. The number of carbonyl (C=O) groups excluding carboxylic acids is 1. The Morgan fingerprint density at radius 2 is 1.89 bits per heavy atom. The molecule has 0 atom stereocenters. The average Bonchev–Trinajstić information content (AvgIpc) is 2.61. The Bertz CT molecular complexity index is 925. The minimum absolute atomic E-state index is 0.133. The van der Waals surface area contributed by atoms with Crippen LogP contribution in [0.3, 0.4) is 0 Å². The molecule has 0 spiro atoms. The van der Waals surface area contributed by atoms with Crippen LogP contribution in [0.25, 0.3) is 0 Å². The number of para-hydroxylation sites is 1. The molecule has 2 N–H and O–H groups in total. The Morgan fingerprint density at radius 1 is 1.25 bits per heavy atom. The lowest BCUT2D eigenvalue weighted by molar-refractivity contribution is -0.385. The molecule has 0 aliphatic rings. The number of amides is 1. The second kappa shape index (κ2) is 9.95. The molecule has 0 fully saturated rings. The van der Waals surface area contributed by atoms with Crippen LogP contribution in [0, 0.1) is 10.1 Å². The number of halogens is 2. The number of carbonyl (C=O) groups is 2. The van der Waals surface area contributed by atoms with E-state index in [-0.39, 0.29) is 17.7 Å². The number of ether oxygens (including phenoxy) is 1. The first kappa shape index (κ1) is 21.5. The van der Waals surface area contributed by atoms with Gasteiger partial charge in [0.2, 0.25) is 5.91 Å². The van der Waals surface area contributed by atoms with Crippen LogP contribution in [-0.4, -0.2) is 34.7 Å². The zero-order chi connectivity index (χ0) is 20.7. The number of aliphatic carboxylic acids is 1. The van der Waals surface area contributed by atoms with Crippen LogP contribution in [0.2, 0.25) is 0 Å². The first-order valence-electron chi connectivity index (χ1n) is 7.65. The summed E-state index contributed by atoms with van der Waals surface area (Å²) in [7, 11) is 0.